The molecule has 1 aromatic rings. The van der Waals surface area contributed by atoms with Gasteiger partial charge in [0.1, 0.15) is 0 Å². The average molecular weight is 380 g/mol. The van der Waals surface area contributed by atoms with E-state index in [1.807, 2.05) is 18.2 Å². The van der Waals surface area contributed by atoms with Crippen LogP contribution < -0.4 is 10.6 Å². The van der Waals surface area contributed by atoms with Gasteiger partial charge in [0.25, 0.3) is 0 Å². The van der Waals surface area contributed by atoms with Crippen molar-refractivity contribution >= 4 is 41.6 Å². The van der Waals surface area contributed by atoms with Gasteiger partial charge >= 0.3 is 0 Å². The van der Waals surface area contributed by atoms with Crippen LogP contribution in [-0.2, 0) is 4.74 Å². The van der Waals surface area contributed by atoms with Crippen molar-refractivity contribution in [3.05, 3.63) is 33.8 Å². The summed E-state index contributed by atoms with van der Waals surface area (Å²) in [5.74, 6) is 0.814. The topological polar surface area (TPSA) is 48.9 Å². The second-order valence-electron chi connectivity index (χ2n) is 5.40. The smallest absolute Gasteiger partial charge is 0.191 e. The van der Waals surface area contributed by atoms with Crippen LogP contribution in [0.5, 0.6) is 0 Å². The van der Waals surface area contributed by atoms with Crippen LogP contribution in [0.15, 0.2) is 23.2 Å². The Bertz CT molecular complexity index is 529. The third-order valence-corrected chi connectivity index (χ3v) is 4.57. The van der Waals surface area contributed by atoms with E-state index < -0.39 is 0 Å². The molecule has 2 heterocycles. The fraction of sp³-hybridized carbons (Fsp3) is 0.533. The lowest BCUT2D eigenvalue weighted by molar-refractivity contribution is 0.0389. The summed E-state index contributed by atoms with van der Waals surface area (Å²) in [4.78, 5) is 6.88. The van der Waals surface area contributed by atoms with Crippen molar-refractivity contribution in [1.29, 1.82) is 0 Å². The molecule has 0 bridgehead atoms. The van der Waals surface area contributed by atoms with Gasteiger partial charge in [0.15, 0.2) is 5.96 Å². The first-order valence-electron chi connectivity index (χ1n) is 7.53. The van der Waals surface area contributed by atoms with Gasteiger partial charge in [-0.15, -0.1) is 12.4 Å². The minimum absolute atomic E-state index is 0. The van der Waals surface area contributed by atoms with E-state index in [9.17, 15) is 0 Å². The molecular weight excluding hydrogens is 359 g/mol. The Labute approximate surface area is 152 Å². The fourth-order valence-electron chi connectivity index (χ4n) is 2.71. The molecule has 0 aromatic heterocycles. The number of guanidine groups is 1. The summed E-state index contributed by atoms with van der Waals surface area (Å²) in [6.07, 6.45) is 0. The number of halogens is 3. The van der Waals surface area contributed by atoms with Crippen molar-refractivity contribution in [2.24, 2.45) is 4.99 Å². The zero-order valence-corrected chi connectivity index (χ0v) is 15.1. The van der Waals surface area contributed by atoms with E-state index >= 15 is 0 Å². The largest absolute Gasteiger partial charge is 0.379 e. The summed E-state index contributed by atoms with van der Waals surface area (Å²) in [6.45, 7) is 6.14. The van der Waals surface area contributed by atoms with Crippen molar-refractivity contribution in [3.8, 4) is 0 Å². The fourth-order valence-corrected chi connectivity index (χ4v) is 3.37. The molecule has 0 radical (unpaired) electrons. The number of hydrogen-bond donors (Lipinski definition) is 2. The molecule has 1 fully saturated rings. The van der Waals surface area contributed by atoms with Crippen LogP contribution in [0.4, 0.5) is 0 Å². The molecule has 5 nitrogen and oxygen atoms in total. The Morgan fingerprint density at radius 3 is 2.65 bits per heavy atom. The van der Waals surface area contributed by atoms with E-state index in [4.69, 9.17) is 27.9 Å². The maximum absolute atomic E-state index is 6.25. The molecule has 23 heavy (non-hydrogen) atoms. The van der Waals surface area contributed by atoms with E-state index in [0.29, 0.717) is 16.6 Å². The first-order chi connectivity index (χ1) is 10.7. The summed E-state index contributed by atoms with van der Waals surface area (Å²) in [7, 11) is 0. The number of ether oxygens (including phenoxy) is 1. The lowest BCUT2D eigenvalue weighted by Crippen LogP contribution is -2.43. The summed E-state index contributed by atoms with van der Waals surface area (Å²) < 4.78 is 5.34. The molecule has 1 unspecified atom stereocenters. The van der Waals surface area contributed by atoms with E-state index in [2.05, 4.69) is 20.5 Å². The van der Waals surface area contributed by atoms with E-state index in [1.165, 1.54) is 0 Å². The highest BCUT2D eigenvalue weighted by molar-refractivity contribution is 6.36. The van der Waals surface area contributed by atoms with Crippen LogP contribution in [0.3, 0.4) is 0 Å². The van der Waals surface area contributed by atoms with Gasteiger partial charge in [-0.1, -0.05) is 29.3 Å². The van der Waals surface area contributed by atoms with Crippen LogP contribution in [0.2, 0.25) is 10.0 Å². The molecule has 2 aliphatic heterocycles. The molecule has 1 aromatic carbocycles. The first-order valence-corrected chi connectivity index (χ1v) is 8.28. The summed E-state index contributed by atoms with van der Waals surface area (Å²) in [5.41, 5.74) is 0.916. The molecule has 128 valence electrons. The van der Waals surface area contributed by atoms with Crippen LogP contribution >= 0.6 is 35.6 Å². The molecule has 2 N–H and O–H groups in total. The van der Waals surface area contributed by atoms with Gasteiger partial charge in [-0.25, -0.2) is 0 Å². The average Bonchev–Trinajstić information content (AvgIpc) is 2.97. The van der Waals surface area contributed by atoms with E-state index in [0.717, 1.165) is 50.9 Å². The number of hydrogen-bond acceptors (Lipinski definition) is 5. The van der Waals surface area contributed by atoms with Crippen molar-refractivity contribution in [1.82, 2.24) is 15.5 Å². The highest BCUT2D eigenvalue weighted by Crippen LogP contribution is 2.31. The summed E-state index contributed by atoms with van der Waals surface area (Å²) in [6, 6.07) is 5.60. The SMILES string of the molecule is Cl.Clc1cccc(Cl)c1C1CN=C(NCCN2CCOCC2)N1. The number of nitrogens with zero attached hydrogens (tertiary/aromatic N) is 2. The quantitative estimate of drug-likeness (QED) is 0.843. The van der Waals surface area contributed by atoms with Gasteiger partial charge in [-0.05, 0) is 12.1 Å². The van der Waals surface area contributed by atoms with Crippen LogP contribution in [-0.4, -0.2) is 56.8 Å². The Morgan fingerprint density at radius 1 is 1.26 bits per heavy atom. The molecule has 0 saturated carbocycles. The Kier molecular flexibility index (Phi) is 7.24. The van der Waals surface area contributed by atoms with Crippen molar-refractivity contribution in [2.75, 3.05) is 45.9 Å². The summed E-state index contributed by atoms with van der Waals surface area (Å²) in [5, 5.41) is 8.04. The van der Waals surface area contributed by atoms with Crippen LogP contribution in [0.1, 0.15) is 11.6 Å². The van der Waals surface area contributed by atoms with Crippen molar-refractivity contribution in [3.63, 3.8) is 0 Å². The summed E-state index contributed by atoms with van der Waals surface area (Å²) >= 11 is 12.5. The second kappa shape index (κ2) is 8.94. The molecule has 1 saturated heterocycles. The Morgan fingerprint density at radius 2 is 1.96 bits per heavy atom. The molecule has 0 spiro atoms. The monoisotopic (exact) mass is 378 g/mol. The van der Waals surface area contributed by atoms with Gasteiger partial charge in [-0.2, -0.15) is 0 Å². The maximum atomic E-state index is 6.25. The van der Waals surface area contributed by atoms with Gasteiger partial charge in [0.05, 0.1) is 25.8 Å². The highest BCUT2D eigenvalue weighted by atomic mass is 35.5. The molecule has 0 amide bonds. The zero-order chi connectivity index (χ0) is 15.4. The number of rotatable bonds is 4. The second-order valence-corrected chi connectivity index (χ2v) is 6.22. The standard InChI is InChI=1S/C15H20Cl2N4O.ClH/c16-11-2-1-3-12(17)14(11)13-10-19-15(20-13)18-4-5-21-6-8-22-9-7-21;/h1-3,13H,4-10H2,(H2,18,19,20);1H. The highest BCUT2D eigenvalue weighted by Gasteiger charge is 2.23. The third-order valence-electron chi connectivity index (χ3n) is 3.92. The number of benzene rings is 1. The van der Waals surface area contributed by atoms with Gasteiger partial charge in [0.2, 0.25) is 0 Å². The molecule has 1 atom stereocenters. The van der Waals surface area contributed by atoms with E-state index in [1.54, 1.807) is 0 Å². The van der Waals surface area contributed by atoms with Crippen molar-refractivity contribution in [2.45, 2.75) is 6.04 Å². The predicted octanol–water partition coefficient (Wildman–Crippen LogP) is 2.34. The predicted molar refractivity (Wildman–Crippen MR) is 97.2 cm³/mol. The first kappa shape index (κ1) is 18.6. The van der Waals surface area contributed by atoms with Gasteiger partial charge < -0.3 is 15.4 Å². The number of morpholine rings is 1. The zero-order valence-electron chi connectivity index (χ0n) is 12.7. The molecule has 3 rings (SSSR count). The molecule has 0 aliphatic carbocycles. The van der Waals surface area contributed by atoms with Gasteiger partial charge in [0, 0.05) is 41.8 Å². The van der Waals surface area contributed by atoms with E-state index in [-0.39, 0.29) is 18.4 Å². The lowest BCUT2D eigenvalue weighted by atomic mass is 10.1. The molecule has 8 heteroatoms. The Balaban J connectivity index is 0.00000192. The normalized spacial score (nSPS) is 21.3. The maximum Gasteiger partial charge on any atom is 0.191 e. The lowest BCUT2D eigenvalue weighted by Gasteiger charge is -2.26. The minimum atomic E-state index is 0. The molecule has 2 aliphatic rings. The van der Waals surface area contributed by atoms with Gasteiger partial charge in [-0.3, -0.25) is 9.89 Å². The number of aliphatic imine (C=N–C) groups is 1. The minimum Gasteiger partial charge on any atom is -0.379 e. The van der Waals surface area contributed by atoms with Crippen LogP contribution in [0, 0.1) is 0 Å². The third kappa shape index (κ3) is 4.88. The Hall–Kier alpha value is -0.720. The van der Waals surface area contributed by atoms with Crippen molar-refractivity contribution < 1.29 is 4.74 Å². The number of nitrogens with one attached hydrogen (secondary N) is 2. The van der Waals surface area contributed by atoms with Crippen LogP contribution in [0.25, 0.3) is 0 Å². The molecular formula is C15H21Cl3N4O.